The van der Waals surface area contributed by atoms with Gasteiger partial charge < -0.3 is 9.72 Å². The number of aromatic amines is 1. The van der Waals surface area contributed by atoms with E-state index >= 15 is 0 Å². The average Bonchev–Trinajstić information content (AvgIpc) is 3.17. The smallest absolute Gasteiger partial charge is 0.338 e. The van der Waals surface area contributed by atoms with E-state index in [-0.39, 0.29) is 28.8 Å². The van der Waals surface area contributed by atoms with Crippen LogP contribution in [0.2, 0.25) is 5.02 Å². The first-order valence-corrected chi connectivity index (χ1v) is 12.5. The van der Waals surface area contributed by atoms with Crippen molar-refractivity contribution in [1.82, 2.24) is 14.3 Å². The number of para-hydroxylation sites is 2. The molecule has 0 atom stereocenters. The Morgan fingerprint density at radius 1 is 1.09 bits per heavy atom. The summed E-state index contributed by atoms with van der Waals surface area (Å²) >= 11 is 5.66. The van der Waals surface area contributed by atoms with E-state index in [9.17, 15) is 22.4 Å². The molecule has 0 fully saturated rings. The van der Waals surface area contributed by atoms with Crippen LogP contribution in [0.1, 0.15) is 22.3 Å². The maximum Gasteiger partial charge on any atom is 0.338 e. The molecular formula is C24H21ClFN3O5S. The molecule has 3 aromatic carbocycles. The Morgan fingerprint density at radius 3 is 2.57 bits per heavy atom. The molecule has 0 amide bonds. The van der Waals surface area contributed by atoms with Gasteiger partial charge in [0.15, 0.2) is 0 Å². The number of fused-ring (bicyclic) bond motifs is 1. The van der Waals surface area contributed by atoms with E-state index in [4.69, 9.17) is 16.3 Å². The largest absolute Gasteiger partial charge is 0.462 e. The number of rotatable bonds is 9. The van der Waals surface area contributed by atoms with Gasteiger partial charge in [0.1, 0.15) is 5.82 Å². The lowest BCUT2D eigenvalue weighted by atomic mass is 10.1. The molecule has 0 unspecified atom stereocenters. The minimum atomic E-state index is -3.89. The third kappa shape index (κ3) is 5.79. The molecule has 0 saturated carbocycles. The molecule has 35 heavy (non-hydrogen) atoms. The van der Waals surface area contributed by atoms with Gasteiger partial charge in [0, 0.05) is 13.1 Å². The maximum absolute atomic E-state index is 13.3. The van der Waals surface area contributed by atoms with Gasteiger partial charge in [-0.1, -0.05) is 35.9 Å². The lowest BCUT2D eigenvalue weighted by Gasteiger charge is -2.09. The third-order valence-corrected chi connectivity index (χ3v) is 6.99. The molecule has 0 bridgehead atoms. The molecule has 0 saturated heterocycles. The molecule has 1 heterocycles. The predicted octanol–water partition coefficient (Wildman–Crippen LogP) is 3.85. The SMILES string of the molecule is O=C(OCCCn1c(=O)[nH]c2ccccc21)c1ccc(CNS(=O)(=O)c2ccc(F)c(Cl)c2)cc1. The third-order valence-electron chi connectivity index (χ3n) is 5.30. The summed E-state index contributed by atoms with van der Waals surface area (Å²) in [7, 11) is -3.89. The van der Waals surface area contributed by atoms with Crippen molar-refractivity contribution >= 4 is 38.6 Å². The van der Waals surface area contributed by atoms with Crippen LogP contribution in [-0.2, 0) is 27.8 Å². The van der Waals surface area contributed by atoms with E-state index in [0.717, 1.165) is 29.2 Å². The zero-order valence-electron chi connectivity index (χ0n) is 18.3. The number of nitrogens with zero attached hydrogens (tertiary/aromatic N) is 1. The highest BCUT2D eigenvalue weighted by Gasteiger charge is 2.16. The number of aromatic nitrogens is 2. The number of hydrogen-bond donors (Lipinski definition) is 2. The van der Waals surface area contributed by atoms with Crippen molar-refractivity contribution in [2.75, 3.05) is 6.61 Å². The van der Waals surface area contributed by atoms with E-state index < -0.39 is 21.8 Å². The summed E-state index contributed by atoms with van der Waals surface area (Å²) in [4.78, 5) is 27.0. The molecule has 4 aromatic rings. The van der Waals surface area contributed by atoms with Crippen molar-refractivity contribution in [3.63, 3.8) is 0 Å². The topological polar surface area (TPSA) is 110 Å². The Kier molecular flexibility index (Phi) is 7.34. The molecule has 0 aliphatic heterocycles. The minimum Gasteiger partial charge on any atom is -0.462 e. The number of carbonyl (C=O) groups is 1. The number of aryl methyl sites for hydroxylation is 1. The van der Waals surface area contributed by atoms with Crippen molar-refractivity contribution in [2.45, 2.75) is 24.4 Å². The monoisotopic (exact) mass is 517 g/mol. The molecule has 11 heteroatoms. The van der Waals surface area contributed by atoms with Gasteiger partial charge in [-0.2, -0.15) is 0 Å². The first kappa shape index (κ1) is 24.6. The Bertz CT molecular complexity index is 1530. The first-order valence-electron chi connectivity index (χ1n) is 10.6. The molecule has 0 radical (unpaired) electrons. The van der Waals surface area contributed by atoms with Crippen LogP contribution in [0, 0.1) is 5.82 Å². The van der Waals surface area contributed by atoms with E-state index in [0.29, 0.717) is 24.1 Å². The predicted molar refractivity (Wildman–Crippen MR) is 129 cm³/mol. The zero-order valence-corrected chi connectivity index (χ0v) is 19.9. The second kappa shape index (κ2) is 10.4. The minimum absolute atomic E-state index is 0.0357. The molecule has 1 aromatic heterocycles. The van der Waals surface area contributed by atoms with Crippen LogP contribution in [0.3, 0.4) is 0 Å². The number of sulfonamides is 1. The van der Waals surface area contributed by atoms with E-state index in [1.807, 2.05) is 24.3 Å². The van der Waals surface area contributed by atoms with Crippen LogP contribution in [0.15, 0.2) is 76.4 Å². The number of hydrogen-bond acceptors (Lipinski definition) is 5. The number of H-pyrrole nitrogens is 1. The van der Waals surface area contributed by atoms with Crippen molar-refractivity contribution < 1.29 is 22.3 Å². The molecule has 8 nitrogen and oxygen atoms in total. The summed E-state index contributed by atoms with van der Waals surface area (Å²) in [6.45, 7) is 0.493. The standard InChI is InChI=1S/C24H21ClFN3O5S/c25-19-14-18(10-11-20(19)26)35(32,33)27-15-16-6-8-17(9-7-16)23(30)34-13-3-12-29-22-5-2-1-4-21(22)28-24(29)31/h1-2,4-11,14,27H,3,12-13,15H2,(H,28,31). The van der Waals surface area contributed by atoms with Crippen LogP contribution in [0.5, 0.6) is 0 Å². The number of nitrogens with one attached hydrogen (secondary N) is 2. The fourth-order valence-corrected chi connectivity index (χ4v) is 4.75. The van der Waals surface area contributed by atoms with Crippen molar-refractivity contribution in [3.8, 4) is 0 Å². The van der Waals surface area contributed by atoms with Crippen LogP contribution in [0.25, 0.3) is 11.0 Å². The Balaban J connectivity index is 1.28. The first-order chi connectivity index (χ1) is 16.7. The number of esters is 1. The van der Waals surface area contributed by atoms with Crippen molar-refractivity contribution in [3.05, 3.63) is 99.2 Å². The van der Waals surface area contributed by atoms with Crippen molar-refractivity contribution in [2.24, 2.45) is 0 Å². The van der Waals surface area contributed by atoms with Gasteiger partial charge >= 0.3 is 11.7 Å². The Labute approximate surface area is 205 Å². The van der Waals surface area contributed by atoms with E-state index in [2.05, 4.69) is 9.71 Å². The Morgan fingerprint density at radius 2 is 1.83 bits per heavy atom. The highest BCUT2D eigenvalue weighted by atomic mass is 35.5. The number of carbonyl (C=O) groups excluding carboxylic acids is 1. The van der Waals surface area contributed by atoms with Crippen LogP contribution in [-0.4, -0.2) is 30.5 Å². The number of imidazole rings is 1. The molecular weight excluding hydrogens is 497 g/mol. The van der Waals surface area contributed by atoms with Gasteiger partial charge in [-0.15, -0.1) is 0 Å². The molecule has 0 aliphatic rings. The van der Waals surface area contributed by atoms with Crippen molar-refractivity contribution in [1.29, 1.82) is 0 Å². The van der Waals surface area contributed by atoms with Gasteiger partial charge in [-0.25, -0.2) is 27.1 Å². The van der Waals surface area contributed by atoms with Gasteiger partial charge in [-0.3, -0.25) is 4.57 Å². The summed E-state index contributed by atoms with van der Waals surface area (Å²) in [5, 5.41) is -0.288. The van der Waals surface area contributed by atoms with Gasteiger partial charge in [0.25, 0.3) is 0 Å². The lowest BCUT2D eigenvalue weighted by Crippen LogP contribution is -2.23. The molecule has 0 spiro atoms. The summed E-state index contributed by atoms with van der Waals surface area (Å²) in [6.07, 6.45) is 0.459. The number of ether oxygens (including phenoxy) is 1. The normalized spacial score (nSPS) is 11.6. The van der Waals surface area contributed by atoms with Crippen LogP contribution < -0.4 is 10.4 Å². The summed E-state index contributed by atoms with van der Waals surface area (Å²) in [6, 6.07) is 16.8. The van der Waals surface area contributed by atoms with E-state index in [1.54, 1.807) is 16.7 Å². The maximum atomic E-state index is 13.3. The molecule has 0 aliphatic carbocycles. The van der Waals surface area contributed by atoms with Crippen LogP contribution >= 0.6 is 11.6 Å². The van der Waals surface area contributed by atoms with Crippen LogP contribution in [0.4, 0.5) is 4.39 Å². The van der Waals surface area contributed by atoms with Gasteiger partial charge in [0.05, 0.1) is 33.1 Å². The average molecular weight is 518 g/mol. The summed E-state index contributed by atoms with van der Waals surface area (Å²) in [5.74, 6) is -1.23. The second-order valence-corrected chi connectivity index (χ2v) is 9.86. The number of benzene rings is 3. The molecule has 182 valence electrons. The highest BCUT2D eigenvalue weighted by molar-refractivity contribution is 7.89. The fourth-order valence-electron chi connectivity index (χ4n) is 3.46. The summed E-state index contributed by atoms with van der Waals surface area (Å²) in [5.41, 5.74) is 2.24. The summed E-state index contributed by atoms with van der Waals surface area (Å²) < 4.78 is 47.3. The molecule has 2 N–H and O–H groups in total. The van der Waals surface area contributed by atoms with Gasteiger partial charge in [0.2, 0.25) is 10.0 Å². The van der Waals surface area contributed by atoms with Gasteiger partial charge in [-0.05, 0) is 54.4 Å². The second-order valence-electron chi connectivity index (χ2n) is 7.69. The Hall–Kier alpha value is -3.47. The highest BCUT2D eigenvalue weighted by Crippen LogP contribution is 2.19. The quantitative estimate of drug-likeness (QED) is 0.259. The fraction of sp³-hybridized carbons (Fsp3) is 0.167. The lowest BCUT2D eigenvalue weighted by molar-refractivity contribution is 0.0496. The molecule has 4 rings (SSSR count). The zero-order chi connectivity index (χ0) is 25.0. The van der Waals surface area contributed by atoms with E-state index in [1.165, 1.54) is 12.1 Å². The number of halogens is 2.